The van der Waals surface area contributed by atoms with Crippen LogP contribution in [0.3, 0.4) is 0 Å². The summed E-state index contributed by atoms with van der Waals surface area (Å²) >= 11 is 2.85. The molecule has 4 rings (SSSR count). The van der Waals surface area contributed by atoms with E-state index in [0.717, 1.165) is 40.8 Å². The van der Waals surface area contributed by atoms with Gasteiger partial charge in [-0.2, -0.15) is 0 Å². The Hall–Kier alpha value is -2.45. The predicted molar refractivity (Wildman–Crippen MR) is 111 cm³/mol. The van der Waals surface area contributed by atoms with Gasteiger partial charge in [-0.25, -0.2) is 14.8 Å². The molecule has 1 aliphatic carbocycles. The summed E-state index contributed by atoms with van der Waals surface area (Å²) in [6.07, 6.45) is 4.35. The molecule has 0 atom stereocenters. The zero-order valence-corrected chi connectivity index (χ0v) is 17.0. The molecule has 2 aromatic heterocycles. The smallest absolute Gasteiger partial charge is 0.341 e. The van der Waals surface area contributed by atoms with Crippen molar-refractivity contribution in [2.24, 2.45) is 0 Å². The third kappa shape index (κ3) is 3.74. The topological polar surface area (TPSA) is 81.2 Å². The van der Waals surface area contributed by atoms with Gasteiger partial charge in [0.2, 0.25) is 5.91 Å². The number of para-hydroxylation sites is 1. The maximum Gasteiger partial charge on any atom is 0.341 e. The lowest BCUT2D eigenvalue weighted by Gasteiger charge is -2.08. The average Bonchev–Trinajstić information content (AvgIpc) is 3.27. The van der Waals surface area contributed by atoms with Crippen LogP contribution >= 0.6 is 23.1 Å². The van der Waals surface area contributed by atoms with Crippen molar-refractivity contribution in [2.75, 3.05) is 17.7 Å². The van der Waals surface area contributed by atoms with Crippen molar-refractivity contribution in [2.45, 2.75) is 31.2 Å². The van der Waals surface area contributed by atoms with E-state index < -0.39 is 0 Å². The standard InChI is InChI=1S/C20H19N3O3S2/c1-2-26-20(25)17-13-7-5-9-15(13)28-19(17)23-16(24)10-27-18-12-6-3-4-8-14(12)21-11-22-18/h3-4,6,8,11H,2,5,7,9-10H2,1H3,(H,23,24). The summed E-state index contributed by atoms with van der Waals surface area (Å²) in [6.45, 7) is 2.10. The van der Waals surface area contributed by atoms with E-state index in [2.05, 4.69) is 15.3 Å². The number of rotatable bonds is 6. The van der Waals surface area contributed by atoms with E-state index in [9.17, 15) is 9.59 Å². The third-order valence-electron chi connectivity index (χ3n) is 4.50. The summed E-state index contributed by atoms with van der Waals surface area (Å²) in [4.78, 5) is 34.7. The Bertz CT molecular complexity index is 1040. The maximum atomic E-state index is 12.6. The molecule has 0 aliphatic heterocycles. The molecule has 1 aliphatic rings. The molecule has 6 nitrogen and oxygen atoms in total. The van der Waals surface area contributed by atoms with Gasteiger partial charge in [-0.3, -0.25) is 4.79 Å². The average molecular weight is 414 g/mol. The lowest BCUT2D eigenvalue weighted by Crippen LogP contribution is -2.16. The summed E-state index contributed by atoms with van der Waals surface area (Å²) in [5, 5.41) is 5.20. The number of benzene rings is 1. The number of aromatic nitrogens is 2. The SMILES string of the molecule is CCOC(=O)c1c(NC(=O)CSc2ncnc3ccccc23)sc2c1CCC2. The number of nitrogens with one attached hydrogen (secondary N) is 1. The Balaban J connectivity index is 1.49. The van der Waals surface area contributed by atoms with Gasteiger partial charge in [-0.1, -0.05) is 30.0 Å². The van der Waals surface area contributed by atoms with Crippen molar-refractivity contribution in [3.63, 3.8) is 0 Å². The van der Waals surface area contributed by atoms with Crippen molar-refractivity contribution in [3.05, 3.63) is 46.6 Å². The monoisotopic (exact) mass is 413 g/mol. The van der Waals surface area contributed by atoms with Gasteiger partial charge in [0.05, 0.1) is 23.4 Å². The zero-order chi connectivity index (χ0) is 19.5. The highest BCUT2D eigenvalue weighted by Crippen LogP contribution is 2.39. The first kappa shape index (κ1) is 18.9. The van der Waals surface area contributed by atoms with Crippen LogP contribution in [0, 0.1) is 0 Å². The number of carbonyl (C=O) groups excluding carboxylic acids is 2. The molecule has 28 heavy (non-hydrogen) atoms. The Labute approximate surface area is 170 Å². The molecular formula is C20H19N3O3S2. The number of thioether (sulfide) groups is 1. The van der Waals surface area contributed by atoms with Gasteiger partial charge in [-0.05, 0) is 37.8 Å². The predicted octanol–water partition coefficient (Wildman–Crippen LogP) is 4.09. The molecule has 144 valence electrons. The first-order valence-corrected chi connectivity index (χ1v) is 10.9. The molecule has 0 spiro atoms. The van der Waals surface area contributed by atoms with Crippen LogP contribution in [-0.2, 0) is 22.4 Å². The van der Waals surface area contributed by atoms with E-state index in [-0.39, 0.29) is 17.6 Å². The number of aryl methyl sites for hydroxylation is 1. The highest BCUT2D eigenvalue weighted by molar-refractivity contribution is 8.00. The lowest BCUT2D eigenvalue weighted by atomic mass is 10.1. The number of anilines is 1. The molecule has 2 heterocycles. The molecule has 0 saturated heterocycles. The molecule has 3 aromatic rings. The van der Waals surface area contributed by atoms with Gasteiger partial charge < -0.3 is 10.1 Å². The largest absolute Gasteiger partial charge is 0.462 e. The van der Waals surface area contributed by atoms with Crippen LogP contribution in [0.1, 0.15) is 34.1 Å². The summed E-state index contributed by atoms with van der Waals surface area (Å²) in [5.74, 6) is -0.323. The van der Waals surface area contributed by atoms with Gasteiger partial charge in [-0.15, -0.1) is 11.3 Å². The Kier molecular flexibility index (Phi) is 5.59. The van der Waals surface area contributed by atoms with Crippen LogP contribution < -0.4 is 5.32 Å². The number of hydrogen-bond acceptors (Lipinski definition) is 7. The van der Waals surface area contributed by atoms with E-state index in [0.29, 0.717) is 17.2 Å². The molecule has 0 saturated carbocycles. The highest BCUT2D eigenvalue weighted by Gasteiger charge is 2.28. The van der Waals surface area contributed by atoms with Crippen LogP contribution in [-0.4, -0.2) is 34.2 Å². The maximum absolute atomic E-state index is 12.6. The molecule has 1 aromatic carbocycles. The minimum atomic E-state index is -0.355. The number of fused-ring (bicyclic) bond motifs is 2. The number of esters is 1. The second kappa shape index (κ2) is 8.28. The zero-order valence-electron chi connectivity index (χ0n) is 15.4. The number of hydrogen-bond donors (Lipinski definition) is 1. The molecule has 1 N–H and O–H groups in total. The van der Waals surface area contributed by atoms with Crippen LogP contribution in [0.5, 0.6) is 0 Å². The minimum Gasteiger partial charge on any atom is -0.462 e. The van der Waals surface area contributed by atoms with Crippen molar-refractivity contribution in [3.8, 4) is 0 Å². The second-order valence-corrected chi connectivity index (χ2v) is 8.38. The molecule has 1 amide bonds. The van der Waals surface area contributed by atoms with Crippen LogP contribution in [0.15, 0.2) is 35.6 Å². The van der Waals surface area contributed by atoms with Crippen LogP contribution in [0.4, 0.5) is 5.00 Å². The first-order chi connectivity index (χ1) is 13.7. The third-order valence-corrected chi connectivity index (χ3v) is 6.71. The van der Waals surface area contributed by atoms with Gasteiger partial charge in [0.15, 0.2) is 0 Å². The molecule has 8 heteroatoms. The van der Waals surface area contributed by atoms with Gasteiger partial charge in [0.1, 0.15) is 16.4 Å². The molecule has 0 fully saturated rings. The Morgan fingerprint density at radius 2 is 2.11 bits per heavy atom. The van der Waals surface area contributed by atoms with Gasteiger partial charge >= 0.3 is 5.97 Å². The Morgan fingerprint density at radius 3 is 2.96 bits per heavy atom. The van der Waals surface area contributed by atoms with E-state index in [4.69, 9.17) is 4.74 Å². The number of nitrogens with zero attached hydrogens (tertiary/aromatic N) is 2. The minimum absolute atomic E-state index is 0.168. The fourth-order valence-corrected chi connectivity index (χ4v) is 5.39. The fourth-order valence-electron chi connectivity index (χ4n) is 3.30. The lowest BCUT2D eigenvalue weighted by molar-refractivity contribution is -0.113. The van der Waals surface area contributed by atoms with E-state index in [1.807, 2.05) is 24.3 Å². The number of carbonyl (C=O) groups is 2. The van der Waals surface area contributed by atoms with Crippen molar-refractivity contribution in [1.29, 1.82) is 0 Å². The van der Waals surface area contributed by atoms with Crippen LogP contribution in [0.2, 0.25) is 0 Å². The molecule has 0 radical (unpaired) electrons. The summed E-state index contributed by atoms with van der Waals surface area (Å²) < 4.78 is 5.21. The normalized spacial score (nSPS) is 12.8. The van der Waals surface area contributed by atoms with Crippen molar-refractivity contribution >= 4 is 50.9 Å². The first-order valence-electron chi connectivity index (χ1n) is 9.11. The fraction of sp³-hybridized carbons (Fsp3) is 0.300. The van der Waals surface area contributed by atoms with E-state index in [1.165, 1.54) is 34.3 Å². The van der Waals surface area contributed by atoms with Gasteiger partial charge in [0.25, 0.3) is 0 Å². The van der Waals surface area contributed by atoms with E-state index >= 15 is 0 Å². The quantitative estimate of drug-likeness (QED) is 0.372. The summed E-state index contributed by atoms with van der Waals surface area (Å²) in [5.41, 5.74) is 2.41. The van der Waals surface area contributed by atoms with E-state index in [1.54, 1.807) is 6.92 Å². The summed E-state index contributed by atoms with van der Waals surface area (Å²) in [6, 6.07) is 7.70. The van der Waals surface area contributed by atoms with Gasteiger partial charge in [0, 0.05) is 10.3 Å². The molecule has 0 unspecified atom stereocenters. The second-order valence-electron chi connectivity index (χ2n) is 6.31. The number of ether oxygens (including phenoxy) is 1. The molecular weight excluding hydrogens is 394 g/mol. The Morgan fingerprint density at radius 1 is 1.25 bits per heavy atom. The number of amides is 1. The van der Waals surface area contributed by atoms with Crippen LogP contribution in [0.25, 0.3) is 10.9 Å². The molecule has 0 bridgehead atoms. The van der Waals surface area contributed by atoms with Crippen molar-refractivity contribution < 1.29 is 14.3 Å². The highest BCUT2D eigenvalue weighted by atomic mass is 32.2. The van der Waals surface area contributed by atoms with Crippen molar-refractivity contribution in [1.82, 2.24) is 9.97 Å². The summed E-state index contributed by atoms with van der Waals surface area (Å²) in [7, 11) is 0. The number of thiophene rings is 1.